The second kappa shape index (κ2) is 5.87. The monoisotopic (exact) mass is 313 g/mol. The fourth-order valence-corrected chi connectivity index (χ4v) is 2.90. The highest BCUT2D eigenvalue weighted by Gasteiger charge is 2.30. The number of nitrogens with zero attached hydrogens (tertiary/aromatic N) is 2. The number of rotatable bonds is 3. The van der Waals surface area contributed by atoms with Gasteiger partial charge in [-0.25, -0.2) is 9.48 Å². The van der Waals surface area contributed by atoms with Crippen molar-refractivity contribution in [1.29, 1.82) is 0 Å². The Morgan fingerprint density at radius 2 is 2.04 bits per heavy atom. The SMILES string of the molecule is COC(=O)c1ccc(C2CC(=O)Nc3c2cnn3C(C)C)cc1. The zero-order valence-corrected chi connectivity index (χ0v) is 13.4. The molecular weight excluding hydrogens is 294 g/mol. The summed E-state index contributed by atoms with van der Waals surface area (Å²) in [5.41, 5.74) is 2.48. The number of hydrogen-bond acceptors (Lipinski definition) is 4. The van der Waals surface area contributed by atoms with Crippen molar-refractivity contribution in [3.05, 3.63) is 47.2 Å². The van der Waals surface area contributed by atoms with E-state index >= 15 is 0 Å². The van der Waals surface area contributed by atoms with E-state index in [9.17, 15) is 9.59 Å². The molecule has 0 fully saturated rings. The number of nitrogens with one attached hydrogen (secondary N) is 1. The summed E-state index contributed by atoms with van der Waals surface area (Å²) in [5.74, 6) is 0.310. The predicted molar refractivity (Wildman–Crippen MR) is 85.5 cm³/mol. The Hall–Kier alpha value is -2.63. The highest BCUT2D eigenvalue weighted by Crippen LogP contribution is 2.37. The molecule has 0 radical (unpaired) electrons. The van der Waals surface area contributed by atoms with Crippen LogP contribution in [0.15, 0.2) is 30.5 Å². The molecule has 1 aromatic carbocycles. The van der Waals surface area contributed by atoms with Gasteiger partial charge in [-0.3, -0.25) is 4.79 Å². The van der Waals surface area contributed by atoms with Crippen LogP contribution in [0.1, 0.15) is 53.7 Å². The summed E-state index contributed by atoms with van der Waals surface area (Å²) in [6, 6.07) is 7.35. The molecule has 0 saturated carbocycles. The number of esters is 1. The number of hydrogen-bond donors (Lipinski definition) is 1. The van der Waals surface area contributed by atoms with E-state index in [0.717, 1.165) is 16.9 Å². The van der Waals surface area contributed by atoms with Crippen molar-refractivity contribution in [1.82, 2.24) is 9.78 Å². The van der Waals surface area contributed by atoms with Crippen LogP contribution in [0, 0.1) is 0 Å². The van der Waals surface area contributed by atoms with Gasteiger partial charge in [0, 0.05) is 23.9 Å². The Bertz CT molecular complexity index is 747. The zero-order valence-electron chi connectivity index (χ0n) is 13.4. The summed E-state index contributed by atoms with van der Waals surface area (Å²) < 4.78 is 6.53. The lowest BCUT2D eigenvalue weighted by molar-refractivity contribution is -0.116. The van der Waals surface area contributed by atoms with Gasteiger partial charge in [0.1, 0.15) is 5.82 Å². The Kier molecular flexibility index (Phi) is 3.90. The minimum Gasteiger partial charge on any atom is -0.465 e. The number of ether oxygens (including phenoxy) is 1. The predicted octanol–water partition coefficient (Wildman–Crippen LogP) is 2.72. The first kappa shape index (κ1) is 15.3. The number of carbonyl (C=O) groups is 2. The molecule has 120 valence electrons. The lowest BCUT2D eigenvalue weighted by Gasteiger charge is -2.24. The van der Waals surface area contributed by atoms with E-state index in [1.807, 2.05) is 36.9 Å². The minimum absolute atomic E-state index is 0.0260. The van der Waals surface area contributed by atoms with Gasteiger partial charge in [-0.05, 0) is 31.5 Å². The first-order valence-corrected chi connectivity index (χ1v) is 7.56. The quantitative estimate of drug-likeness (QED) is 0.884. The van der Waals surface area contributed by atoms with E-state index in [0.29, 0.717) is 12.0 Å². The molecule has 1 atom stereocenters. The summed E-state index contributed by atoms with van der Waals surface area (Å²) in [5, 5.41) is 7.31. The van der Waals surface area contributed by atoms with E-state index in [2.05, 4.69) is 10.4 Å². The van der Waals surface area contributed by atoms with Gasteiger partial charge in [-0.2, -0.15) is 5.10 Å². The van der Waals surface area contributed by atoms with E-state index in [1.54, 1.807) is 12.1 Å². The number of benzene rings is 1. The molecule has 2 aromatic rings. The Balaban J connectivity index is 1.98. The van der Waals surface area contributed by atoms with Crippen molar-refractivity contribution in [3.63, 3.8) is 0 Å². The maximum Gasteiger partial charge on any atom is 0.337 e. The normalized spacial score (nSPS) is 16.9. The van der Waals surface area contributed by atoms with E-state index in [-0.39, 0.29) is 23.8 Å². The first-order valence-electron chi connectivity index (χ1n) is 7.56. The van der Waals surface area contributed by atoms with Gasteiger partial charge in [-0.1, -0.05) is 12.1 Å². The Morgan fingerprint density at radius 1 is 1.35 bits per heavy atom. The molecule has 1 N–H and O–H groups in total. The lowest BCUT2D eigenvalue weighted by Crippen LogP contribution is -2.25. The minimum atomic E-state index is -0.369. The molecule has 3 rings (SSSR count). The van der Waals surface area contributed by atoms with Gasteiger partial charge in [0.15, 0.2) is 0 Å². The summed E-state index contributed by atoms with van der Waals surface area (Å²) in [4.78, 5) is 23.6. The number of carbonyl (C=O) groups excluding carboxylic acids is 2. The number of methoxy groups -OCH3 is 1. The van der Waals surface area contributed by atoms with Crippen LogP contribution in [-0.2, 0) is 9.53 Å². The average molecular weight is 313 g/mol. The number of anilines is 1. The zero-order chi connectivity index (χ0) is 16.6. The third kappa shape index (κ3) is 2.72. The second-order valence-electron chi connectivity index (χ2n) is 5.91. The number of amides is 1. The summed E-state index contributed by atoms with van der Waals surface area (Å²) in [7, 11) is 1.36. The van der Waals surface area contributed by atoms with Crippen LogP contribution in [0.25, 0.3) is 0 Å². The van der Waals surface area contributed by atoms with Crippen LogP contribution in [0.4, 0.5) is 5.82 Å². The molecule has 0 bridgehead atoms. The van der Waals surface area contributed by atoms with Crippen molar-refractivity contribution in [2.24, 2.45) is 0 Å². The standard InChI is InChI=1S/C17H19N3O3/c1-10(2)20-16-14(9-18-20)13(8-15(21)19-16)11-4-6-12(7-5-11)17(22)23-3/h4-7,9-10,13H,8H2,1-3H3,(H,19,21). The molecule has 1 unspecified atom stereocenters. The van der Waals surface area contributed by atoms with E-state index in [1.165, 1.54) is 7.11 Å². The smallest absolute Gasteiger partial charge is 0.337 e. The van der Waals surface area contributed by atoms with E-state index < -0.39 is 0 Å². The van der Waals surface area contributed by atoms with E-state index in [4.69, 9.17) is 4.74 Å². The second-order valence-corrected chi connectivity index (χ2v) is 5.91. The van der Waals surface area contributed by atoms with Crippen LogP contribution in [0.5, 0.6) is 0 Å². The molecule has 1 aromatic heterocycles. The molecular formula is C17H19N3O3. The number of fused-ring (bicyclic) bond motifs is 1. The van der Waals surface area contributed by atoms with Gasteiger partial charge in [0.2, 0.25) is 5.91 Å². The molecule has 6 heteroatoms. The third-order valence-corrected chi connectivity index (χ3v) is 4.07. The summed E-state index contributed by atoms with van der Waals surface area (Å²) in [6.07, 6.45) is 2.18. The topological polar surface area (TPSA) is 73.2 Å². The van der Waals surface area contributed by atoms with Gasteiger partial charge in [0.25, 0.3) is 0 Å². The molecule has 6 nitrogen and oxygen atoms in total. The van der Waals surface area contributed by atoms with Gasteiger partial charge in [-0.15, -0.1) is 0 Å². The van der Waals surface area contributed by atoms with Gasteiger partial charge >= 0.3 is 5.97 Å². The summed E-state index contributed by atoms with van der Waals surface area (Å²) >= 11 is 0. The van der Waals surface area contributed by atoms with Crippen molar-refractivity contribution in [2.45, 2.75) is 32.2 Å². The molecule has 0 spiro atoms. The van der Waals surface area contributed by atoms with Gasteiger partial charge < -0.3 is 10.1 Å². The molecule has 2 heterocycles. The van der Waals surface area contributed by atoms with Crippen molar-refractivity contribution >= 4 is 17.7 Å². The van der Waals surface area contributed by atoms with Crippen molar-refractivity contribution < 1.29 is 14.3 Å². The molecule has 23 heavy (non-hydrogen) atoms. The fourth-order valence-electron chi connectivity index (χ4n) is 2.90. The Morgan fingerprint density at radius 3 is 2.65 bits per heavy atom. The molecule has 1 aliphatic rings. The maximum absolute atomic E-state index is 12.1. The van der Waals surface area contributed by atoms with Gasteiger partial charge in [0.05, 0.1) is 18.9 Å². The van der Waals surface area contributed by atoms with Crippen LogP contribution in [0.2, 0.25) is 0 Å². The average Bonchev–Trinajstić information content (AvgIpc) is 2.97. The number of aromatic nitrogens is 2. The summed E-state index contributed by atoms with van der Waals surface area (Å²) in [6.45, 7) is 4.04. The van der Waals surface area contributed by atoms with Crippen LogP contribution >= 0.6 is 0 Å². The maximum atomic E-state index is 12.1. The Labute approximate surface area is 134 Å². The molecule has 0 saturated heterocycles. The first-order chi connectivity index (χ1) is 11.0. The largest absolute Gasteiger partial charge is 0.465 e. The molecule has 1 aliphatic heterocycles. The van der Waals surface area contributed by atoms with Crippen molar-refractivity contribution in [2.75, 3.05) is 12.4 Å². The lowest BCUT2D eigenvalue weighted by atomic mass is 9.87. The van der Waals surface area contributed by atoms with Crippen LogP contribution in [0.3, 0.4) is 0 Å². The van der Waals surface area contributed by atoms with Crippen molar-refractivity contribution in [3.8, 4) is 0 Å². The third-order valence-electron chi connectivity index (χ3n) is 4.07. The molecule has 1 amide bonds. The van der Waals surface area contributed by atoms with Crippen LogP contribution < -0.4 is 5.32 Å². The highest BCUT2D eigenvalue weighted by atomic mass is 16.5. The highest BCUT2D eigenvalue weighted by molar-refractivity contribution is 5.94. The van der Waals surface area contributed by atoms with Crippen LogP contribution in [-0.4, -0.2) is 28.8 Å². The fraction of sp³-hybridized carbons (Fsp3) is 0.353. The molecule has 0 aliphatic carbocycles.